The predicted octanol–water partition coefficient (Wildman–Crippen LogP) is 5.78. The van der Waals surface area contributed by atoms with Gasteiger partial charge in [0.2, 0.25) is 5.91 Å². The number of carbonyl (C=O) groups is 2. The Bertz CT molecular complexity index is 914. The van der Waals surface area contributed by atoms with Crippen molar-refractivity contribution in [1.82, 2.24) is 4.90 Å². The minimum absolute atomic E-state index is 0.161. The third-order valence-electron chi connectivity index (χ3n) is 3.39. The number of nitrogens with zero attached hydrogens (tertiary/aromatic N) is 1. The van der Waals surface area contributed by atoms with Crippen molar-refractivity contribution in [3.05, 3.63) is 64.7 Å². The molecule has 0 saturated carbocycles. The zero-order chi connectivity index (χ0) is 20.9. The van der Waals surface area contributed by atoms with Crippen LogP contribution in [0.25, 0.3) is 6.08 Å². The molecule has 0 aliphatic heterocycles. The van der Waals surface area contributed by atoms with Gasteiger partial charge in [-0.1, -0.05) is 23.7 Å². The molecule has 0 fully saturated rings. The molecule has 2 rings (SSSR count). The summed E-state index contributed by atoms with van der Waals surface area (Å²) in [5.74, 6) is -0.524. The van der Waals surface area contributed by atoms with Crippen LogP contribution in [0.4, 0.5) is 23.7 Å². The highest BCUT2D eigenvalue weighted by atomic mass is 35.5. The van der Waals surface area contributed by atoms with Crippen molar-refractivity contribution in [2.75, 3.05) is 19.4 Å². The molecule has 1 N–H and O–H groups in total. The van der Waals surface area contributed by atoms with Gasteiger partial charge in [0.15, 0.2) is 0 Å². The van der Waals surface area contributed by atoms with Crippen LogP contribution in [0.1, 0.15) is 11.1 Å². The molecule has 0 atom stereocenters. The first kappa shape index (κ1) is 21.8. The summed E-state index contributed by atoms with van der Waals surface area (Å²) in [7, 11) is 3.26. The van der Waals surface area contributed by atoms with Gasteiger partial charge in [-0.3, -0.25) is 9.59 Å². The molecule has 0 spiro atoms. The largest absolute Gasteiger partial charge is 0.417 e. The summed E-state index contributed by atoms with van der Waals surface area (Å²) in [5.41, 5.74) is -0.321. The lowest BCUT2D eigenvalue weighted by Crippen LogP contribution is -2.16. The fraction of sp³-hybridized carbons (Fsp3) is 0.158. The van der Waals surface area contributed by atoms with Gasteiger partial charge in [-0.25, -0.2) is 0 Å². The van der Waals surface area contributed by atoms with Crippen molar-refractivity contribution in [3.8, 4) is 0 Å². The lowest BCUT2D eigenvalue weighted by atomic mass is 10.1. The van der Waals surface area contributed by atoms with E-state index < -0.39 is 22.7 Å². The van der Waals surface area contributed by atoms with Crippen molar-refractivity contribution in [1.29, 1.82) is 0 Å². The van der Waals surface area contributed by atoms with Gasteiger partial charge in [0, 0.05) is 30.8 Å². The van der Waals surface area contributed by atoms with E-state index >= 15 is 0 Å². The molecule has 0 unspecified atom stereocenters. The molecule has 0 heterocycles. The molecule has 0 aliphatic carbocycles. The number of amides is 2. The minimum atomic E-state index is -4.58. The van der Waals surface area contributed by atoms with Gasteiger partial charge < -0.3 is 10.2 Å². The molecule has 0 radical (unpaired) electrons. The standard InChI is InChI=1S/C19H16ClF3N2O2S/c1-25(2)18(27)28-14-5-3-4-13(11-14)24-17(26)9-7-12-6-8-16(20)15(10-12)19(21,22)23/h3-11H,1-2H3,(H,24,26). The van der Waals surface area contributed by atoms with E-state index in [1.54, 1.807) is 38.4 Å². The summed E-state index contributed by atoms with van der Waals surface area (Å²) in [6.45, 7) is 0. The monoisotopic (exact) mass is 428 g/mol. The van der Waals surface area contributed by atoms with Crippen LogP contribution in [-0.2, 0) is 11.0 Å². The van der Waals surface area contributed by atoms with Crippen LogP contribution in [0, 0.1) is 0 Å². The fourth-order valence-electron chi connectivity index (χ4n) is 2.05. The van der Waals surface area contributed by atoms with Crippen molar-refractivity contribution in [3.63, 3.8) is 0 Å². The Morgan fingerprint density at radius 1 is 1.14 bits per heavy atom. The normalized spacial score (nSPS) is 11.5. The summed E-state index contributed by atoms with van der Waals surface area (Å²) in [6.07, 6.45) is -2.20. The molecular weight excluding hydrogens is 413 g/mol. The lowest BCUT2D eigenvalue weighted by molar-refractivity contribution is -0.137. The lowest BCUT2D eigenvalue weighted by Gasteiger charge is -2.10. The molecule has 2 aromatic carbocycles. The summed E-state index contributed by atoms with van der Waals surface area (Å²) in [4.78, 5) is 25.9. The van der Waals surface area contributed by atoms with Crippen LogP contribution < -0.4 is 5.32 Å². The van der Waals surface area contributed by atoms with E-state index in [0.29, 0.717) is 10.6 Å². The third kappa shape index (κ3) is 6.31. The van der Waals surface area contributed by atoms with Gasteiger partial charge in [0.1, 0.15) is 0 Å². The Balaban J connectivity index is 2.07. The first-order valence-corrected chi connectivity index (χ1v) is 9.11. The Morgan fingerprint density at radius 2 is 1.86 bits per heavy atom. The summed E-state index contributed by atoms with van der Waals surface area (Å²) in [6, 6.07) is 10.1. The third-order valence-corrected chi connectivity index (χ3v) is 4.75. The molecule has 0 bridgehead atoms. The van der Waals surface area contributed by atoms with Gasteiger partial charge in [0.25, 0.3) is 5.24 Å². The zero-order valence-corrected chi connectivity index (χ0v) is 16.5. The fourth-order valence-corrected chi connectivity index (χ4v) is 2.99. The van der Waals surface area contributed by atoms with Crippen LogP contribution in [0.5, 0.6) is 0 Å². The number of benzene rings is 2. The Kier molecular flexibility index (Phi) is 7.15. The second kappa shape index (κ2) is 9.16. The molecule has 0 aliphatic rings. The molecule has 148 valence electrons. The molecule has 2 amide bonds. The summed E-state index contributed by atoms with van der Waals surface area (Å²) in [5, 5.41) is 2.03. The highest BCUT2D eigenvalue weighted by molar-refractivity contribution is 8.13. The van der Waals surface area contributed by atoms with Gasteiger partial charge in [-0.05, 0) is 53.7 Å². The topological polar surface area (TPSA) is 49.4 Å². The zero-order valence-electron chi connectivity index (χ0n) is 14.9. The molecule has 9 heteroatoms. The van der Waals surface area contributed by atoms with E-state index in [1.807, 2.05) is 0 Å². The van der Waals surface area contributed by atoms with E-state index in [4.69, 9.17) is 11.6 Å². The van der Waals surface area contributed by atoms with E-state index in [2.05, 4.69) is 5.32 Å². The number of carbonyl (C=O) groups excluding carboxylic acids is 2. The number of thioether (sulfide) groups is 1. The first-order chi connectivity index (χ1) is 13.1. The average molecular weight is 429 g/mol. The smallest absolute Gasteiger partial charge is 0.339 e. The van der Waals surface area contributed by atoms with Crippen LogP contribution in [-0.4, -0.2) is 30.1 Å². The molecule has 2 aromatic rings. The quantitative estimate of drug-likeness (QED) is 0.495. The summed E-state index contributed by atoms with van der Waals surface area (Å²) >= 11 is 6.58. The molecule has 28 heavy (non-hydrogen) atoms. The van der Waals surface area contributed by atoms with E-state index in [-0.39, 0.29) is 10.8 Å². The van der Waals surface area contributed by atoms with Crippen LogP contribution in [0.15, 0.2) is 53.4 Å². The average Bonchev–Trinajstić information content (AvgIpc) is 2.60. The number of hydrogen-bond donors (Lipinski definition) is 1. The van der Waals surface area contributed by atoms with E-state index in [1.165, 1.54) is 17.0 Å². The SMILES string of the molecule is CN(C)C(=O)Sc1cccc(NC(=O)C=Cc2ccc(Cl)c(C(F)(F)F)c2)c1. The number of halogens is 4. The van der Waals surface area contributed by atoms with Crippen LogP contribution in [0.2, 0.25) is 5.02 Å². The maximum Gasteiger partial charge on any atom is 0.417 e. The number of rotatable bonds is 4. The van der Waals surface area contributed by atoms with Crippen molar-refractivity contribution < 1.29 is 22.8 Å². The van der Waals surface area contributed by atoms with Crippen molar-refractivity contribution in [2.24, 2.45) is 0 Å². The van der Waals surface area contributed by atoms with Crippen LogP contribution >= 0.6 is 23.4 Å². The number of alkyl halides is 3. The van der Waals surface area contributed by atoms with Gasteiger partial charge in [-0.15, -0.1) is 0 Å². The first-order valence-electron chi connectivity index (χ1n) is 7.91. The van der Waals surface area contributed by atoms with Gasteiger partial charge in [0.05, 0.1) is 10.6 Å². The highest BCUT2D eigenvalue weighted by Gasteiger charge is 2.33. The second-order valence-corrected chi connectivity index (χ2v) is 7.28. The molecule has 0 saturated heterocycles. The second-order valence-electron chi connectivity index (χ2n) is 5.85. The Hall–Kier alpha value is -2.45. The van der Waals surface area contributed by atoms with Crippen LogP contribution in [0.3, 0.4) is 0 Å². The Morgan fingerprint density at radius 3 is 2.50 bits per heavy atom. The number of anilines is 1. The number of nitrogens with one attached hydrogen (secondary N) is 1. The van der Waals surface area contributed by atoms with Gasteiger partial charge in [-0.2, -0.15) is 13.2 Å². The molecular formula is C19H16ClF3N2O2S. The van der Waals surface area contributed by atoms with Gasteiger partial charge >= 0.3 is 6.18 Å². The van der Waals surface area contributed by atoms with E-state index in [0.717, 1.165) is 30.0 Å². The number of hydrogen-bond acceptors (Lipinski definition) is 3. The molecule has 4 nitrogen and oxygen atoms in total. The highest BCUT2D eigenvalue weighted by Crippen LogP contribution is 2.35. The van der Waals surface area contributed by atoms with Crippen molar-refractivity contribution >= 4 is 46.3 Å². The Labute approximate surface area is 169 Å². The maximum atomic E-state index is 12.9. The summed E-state index contributed by atoms with van der Waals surface area (Å²) < 4.78 is 38.6. The molecule has 0 aromatic heterocycles. The minimum Gasteiger partial charge on any atom is -0.339 e. The maximum absolute atomic E-state index is 12.9. The van der Waals surface area contributed by atoms with Crippen molar-refractivity contribution in [2.45, 2.75) is 11.1 Å². The predicted molar refractivity (Wildman–Crippen MR) is 105 cm³/mol. The van der Waals surface area contributed by atoms with E-state index in [9.17, 15) is 22.8 Å².